The first-order valence-corrected chi connectivity index (χ1v) is 5.14. The summed E-state index contributed by atoms with van der Waals surface area (Å²) < 4.78 is 1.53. The molecule has 2 aromatic heterocycles. The van der Waals surface area contributed by atoms with E-state index in [0.717, 1.165) is 0 Å². The monoisotopic (exact) mass is 229 g/mol. The summed E-state index contributed by atoms with van der Waals surface area (Å²) in [6.07, 6.45) is 2.99. The van der Waals surface area contributed by atoms with Gasteiger partial charge in [-0.05, 0) is 18.2 Å². The van der Waals surface area contributed by atoms with Crippen LogP contribution in [0.2, 0.25) is 0 Å². The molecule has 0 aliphatic carbocycles. The second-order valence-electron chi connectivity index (χ2n) is 3.61. The summed E-state index contributed by atoms with van der Waals surface area (Å²) in [6.45, 7) is 0. The van der Waals surface area contributed by atoms with Crippen LogP contribution in [0.3, 0.4) is 0 Å². The minimum atomic E-state index is -0.291. The molecule has 0 spiro atoms. The molecule has 2 heterocycles. The number of rotatable bonds is 4. The minimum Gasteiger partial charge on any atom is -0.292 e. The molecule has 0 aromatic carbocycles. The van der Waals surface area contributed by atoms with Crippen LogP contribution in [0.25, 0.3) is 0 Å². The lowest BCUT2D eigenvalue weighted by Crippen LogP contribution is -2.10. The summed E-state index contributed by atoms with van der Waals surface area (Å²) in [6, 6.07) is 6.62. The first-order chi connectivity index (χ1) is 8.16. The molecule has 17 heavy (non-hydrogen) atoms. The first kappa shape index (κ1) is 11.2. The molecule has 2 rings (SSSR count). The maximum absolute atomic E-state index is 11.7. The average molecular weight is 229 g/mol. The van der Waals surface area contributed by atoms with Crippen molar-refractivity contribution in [3.8, 4) is 0 Å². The fraction of sp³-hybridized carbons (Fsp3) is 0.167. The van der Waals surface area contributed by atoms with Crippen LogP contribution in [0.15, 0.2) is 36.7 Å². The lowest BCUT2D eigenvalue weighted by atomic mass is 10.1. The van der Waals surface area contributed by atoms with Gasteiger partial charge in [0.05, 0.1) is 6.42 Å². The van der Waals surface area contributed by atoms with Crippen LogP contribution in [0.1, 0.15) is 27.4 Å². The fourth-order valence-corrected chi connectivity index (χ4v) is 1.42. The van der Waals surface area contributed by atoms with Gasteiger partial charge in [-0.2, -0.15) is 5.10 Å². The average Bonchev–Trinajstić information content (AvgIpc) is 2.77. The zero-order valence-electron chi connectivity index (χ0n) is 9.33. The molecule has 0 radical (unpaired) electrons. The van der Waals surface area contributed by atoms with Crippen molar-refractivity contribution in [2.45, 2.75) is 6.42 Å². The Labute approximate surface area is 98.1 Å². The van der Waals surface area contributed by atoms with E-state index < -0.39 is 0 Å². The lowest BCUT2D eigenvalue weighted by molar-refractivity contribution is 0.0888. The Morgan fingerprint density at radius 3 is 2.53 bits per heavy atom. The number of hydrogen-bond donors (Lipinski definition) is 0. The molecule has 0 bridgehead atoms. The van der Waals surface area contributed by atoms with E-state index in [1.54, 1.807) is 37.5 Å². The molecule has 5 nitrogen and oxygen atoms in total. The molecule has 0 N–H and O–H groups in total. The summed E-state index contributed by atoms with van der Waals surface area (Å²) in [5.41, 5.74) is 0.605. The Balaban J connectivity index is 2.07. The number of carbonyl (C=O) groups is 2. The number of aromatic nitrogens is 3. The number of aryl methyl sites for hydroxylation is 1. The number of Topliss-reactive ketones (excluding diaryl/α,β-unsaturated/α-hetero) is 2. The predicted molar refractivity (Wildman–Crippen MR) is 60.7 cm³/mol. The van der Waals surface area contributed by atoms with Gasteiger partial charge in [-0.25, -0.2) is 0 Å². The molecule has 0 aliphatic rings. The zero-order valence-corrected chi connectivity index (χ0v) is 9.33. The Hall–Kier alpha value is -2.30. The zero-order chi connectivity index (χ0) is 12.3. The molecule has 0 saturated heterocycles. The molecular weight excluding hydrogens is 218 g/mol. The standard InChI is InChI=1S/C12H11N3O2/c1-15-7-5-10(14-15)12(17)8-11(16)9-4-2-3-6-13-9/h2-7H,8H2,1H3. The van der Waals surface area contributed by atoms with Gasteiger partial charge in [-0.15, -0.1) is 0 Å². The number of carbonyl (C=O) groups excluding carboxylic acids is 2. The lowest BCUT2D eigenvalue weighted by Gasteiger charge is -1.97. The highest BCUT2D eigenvalue weighted by Gasteiger charge is 2.16. The molecule has 0 atom stereocenters. The summed E-state index contributed by atoms with van der Waals surface area (Å²) >= 11 is 0. The van der Waals surface area contributed by atoms with Crippen LogP contribution < -0.4 is 0 Å². The van der Waals surface area contributed by atoms with Crippen molar-refractivity contribution in [3.05, 3.63) is 48.0 Å². The molecule has 0 fully saturated rings. The van der Waals surface area contributed by atoms with E-state index in [1.165, 1.54) is 10.9 Å². The molecule has 2 aromatic rings. The summed E-state index contributed by atoms with van der Waals surface area (Å²) in [7, 11) is 1.72. The molecule has 0 saturated carbocycles. The second kappa shape index (κ2) is 4.69. The van der Waals surface area contributed by atoms with Crippen molar-refractivity contribution >= 4 is 11.6 Å². The van der Waals surface area contributed by atoms with Crippen molar-refractivity contribution in [3.63, 3.8) is 0 Å². The highest BCUT2D eigenvalue weighted by molar-refractivity contribution is 6.12. The van der Waals surface area contributed by atoms with Gasteiger partial charge in [0, 0.05) is 19.4 Å². The Kier molecular flexibility index (Phi) is 3.09. The van der Waals surface area contributed by atoms with Crippen molar-refractivity contribution in [1.82, 2.24) is 14.8 Å². The quantitative estimate of drug-likeness (QED) is 0.585. The van der Waals surface area contributed by atoms with Gasteiger partial charge >= 0.3 is 0 Å². The number of ketones is 2. The van der Waals surface area contributed by atoms with Crippen molar-refractivity contribution in [1.29, 1.82) is 0 Å². The second-order valence-corrected chi connectivity index (χ2v) is 3.61. The van der Waals surface area contributed by atoms with Crippen molar-refractivity contribution in [2.24, 2.45) is 7.05 Å². The Morgan fingerprint density at radius 1 is 1.18 bits per heavy atom. The van der Waals surface area contributed by atoms with Gasteiger partial charge in [0.15, 0.2) is 11.6 Å². The van der Waals surface area contributed by atoms with Crippen molar-refractivity contribution < 1.29 is 9.59 Å². The van der Waals surface area contributed by atoms with E-state index in [1.807, 2.05) is 0 Å². The molecule has 86 valence electrons. The SMILES string of the molecule is Cn1ccc(C(=O)CC(=O)c2ccccn2)n1. The summed E-state index contributed by atoms with van der Waals surface area (Å²) in [4.78, 5) is 27.3. The van der Waals surface area contributed by atoms with E-state index in [4.69, 9.17) is 0 Å². The first-order valence-electron chi connectivity index (χ1n) is 5.14. The van der Waals surface area contributed by atoms with Gasteiger partial charge in [0.2, 0.25) is 0 Å². The molecule has 0 aliphatic heterocycles. The van der Waals surface area contributed by atoms with Crippen LogP contribution in [0.5, 0.6) is 0 Å². The van der Waals surface area contributed by atoms with Gasteiger partial charge in [0.25, 0.3) is 0 Å². The Morgan fingerprint density at radius 2 is 1.94 bits per heavy atom. The van der Waals surface area contributed by atoms with Crippen LogP contribution in [-0.2, 0) is 7.05 Å². The number of hydrogen-bond acceptors (Lipinski definition) is 4. The van der Waals surface area contributed by atoms with Crippen LogP contribution in [0, 0.1) is 0 Å². The topological polar surface area (TPSA) is 64.8 Å². The Bertz CT molecular complexity index is 546. The third-order valence-electron chi connectivity index (χ3n) is 2.27. The van der Waals surface area contributed by atoms with E-state index >= 15 is 0 Å². The van der Waals surface area contributed by atoms with E-state index in [2.05, 4.69) is 10.1 Å². The summed E-state index contributed by atoms with van der Waals surface area (Å²) in [5, 5.41) is 3.95. The fourth-order valence-electron chi connectivity index (χ4n) is 1.42. The van der Waals surface area contributed by atoms with Gasteiger partial charge < -0.3 is 0 Å². The van der Waals surface area contributed by atoms with Crippen molar-refractivity contribution in [2.75, 3.05) is 0 Å². The van der Waals surface area contributed by atoms with Gasteiger partial charge in [0.1, 0.15) is 11.4 Å². The van der Waals surface area contributed by atoms with Gasteiger partial charge in [-0.3, -0.25) is 19.3 Å². The van der Waals surface area contributed by atoms with Crippen LogP contribution >= 0.6 is 0 Å². The highest BCUT2D eigenvalue weighted by atomic mass is 16.1. The maximum Gasteiger partial charge on any atom is 0.190 e. The van der Waals surface area contributed by atoms with E-state index in [-0.39, 0.29) is 18.0 Å². The van der Waals surface area contributed by atoms with Crippen LogP contribution in [-0.4, -0.2) is 26.3 Å². The largest absolute Gasteiger partial charge is 0.292 e. The number of pyridine rings is 1. The summed E-state index contributed by atoms with van der Waals surface area (Å²) in [5.74, 6) is -0.581. The normalized spacial score (nSPS) is 10.2. The molecular formula is C12H11N3O2. The highest BCUT2D eigenvalue weighted by Crippen LogP contribution is 2.05. The molecule has 0 unspecified atom stereocenters. The van der Waals surface area contributed by atoms with E-state index in [9.17, 15) is 9.59 Å². The minimum absolute atomic E-state index is 0.200. The van der Waals surface area contributed by atoms with Gasteiger partial charge in [-0.1, -0.05) is 6.07 Å². The third kappa shape index (κ3) is 2.63. The molecule has 0 amide bonds. The van der Waals surface area contributed by atoms with E-state index in [0.29, 0.717) is 11.4 Å². The number of nitrogens with zero attached hydrogens (tertiary/aromatic N) is 3. The third-order valence-corrected chi connectivity index (χ3v) is 2.27. The smallest absolute Gasteiger partial charge is 0.190 e. The predicted octanol–water partition coefficient (Wildman–Crippen LogP) is 1.27. The molecule has 5 heteroatoms. The maximum atomic E-state index is 11.7. The van der Waals surface area contributed by atoms with Crippen LogP contribution in [0.4, 0.5) is 0 Å².